The molecule has 3 N–H and O–H groups in total. The molecule has 5 amide bonds. The van der Waals surface area contributed by atoms with E-state index in [9.17, 15) is 18.8 Å². The number of carbonyl (C=O) groups excluding carboxylic acids is 3. The molecule has 0 aliphatic carbocycles. The summed E-state index contributed by atoms with van der Waals surface area (Å²) in [5.74, 6) is -1.23. The molecule has 1 saturated heterocycles. The smallest absolute Gasteiger partial charge is 0.322 e. The maximum Gasteiger partial charge on any atom is 0.344 e. The van der Waals surface area contributed by atoms with E-state index >= 15 is 0 Å². The molecule has 1 aliphatic rings. The Labute approximate surface area is 167 Å². The number of hydrogen-bond donors (Lipinski definition) is 3. The lowest BCUT2D eigenvalue weighted by atomic mass is 9.96. The van der Waals surface area contributed by atoms with Gasteiger partial charge in [-0.15, -0.1) is 11.3 Å². The van der Waals surface area contributed by atoms with Gasteiger partial charge < -0.3 is 10.6 Å². The summed E-state index contributed by atoms with van der Waals surface area (Å²) in [5, 5.41) is 7.42. The average molecular weight is 455 g/mol. The standard InChI is InChI=1S/C17H16BrFN4O3S/c1-17(7-6-11-3-2-8-27-11)14(24)23(16(26)21-17)22-15(25)20-13-5-4-10(18)9-12(13)19/h2-5,8-9H,6-7H2,1H3,(H,21,26)(H2,20,22,25)/t17-/m0/s1. The van der Waals surface area contributed by atoms with Crippen molar-refractivity contribution in [2.24, 2.45) is 0 Å². The first-order valence-corrected chi connectivity index (χ1v) is 9.67. The van der Waals surface area contributed by atoms with Gasteiger partial charge in [0.1, 0.15) is 11.4 Å². The van der Waals surface area contributed by atoms with E-state index < -0.39 is 29.3 Å². The van der Waals surface area contributed by atoms with Gasteiger partial charge in [0, 0.05) is 9.35 Å². The number of aryl methyl sites for hydroxylation is 1. The van der Waals surface area contributed by atoms with E-state index in [-0.39, 0.29) is 5.69 Å². The molecule has 1 aromatic carbocycles. The Morgan fingerprint density at radius 1 is 1.37 bits per heavy atom. The molecule has 27 heavy (non-hydrogen) atoms. The van der Waals surface area contributed by atoms with E-state index in [2.05, 4.69) is 32.0 Å². The minimum atomic E-state index is -1.13. The molecule has 0 radical (unpaired) electrons. The fraction of sp³-hybridized carbons (Fsp3) is 0.235. The largest absolute Gasteiger partial charge is 0.344 e. The minimum absolute atomic E-state index is 0.0804. The number of halogens is 2. The first-order chi connectivity index (χ1) is 12.8. The number of hydrazine groups is 1. The molecule has 1 fully saturated rings. The minimum Gasteiger partial charge on any atom is -0.322 e. The summed E-state index contributed by atoms with van der Waals surface area (Å²) in [6.45, 7) is 1.61. The third-order valence-corrected chi connectivity index (χ3v) is 5.53. The monoisotopic (exact) mass is 454 g/mol. The number of benzene rings is 1. The van der Waals surface area contributed by atoms with Crippen LogP contribution in [-0.4, -0.2) is 28.5 Å². The molecule has 1 aliphatic heterocycles. The summed E-state index contributed by atoms with van der Waals surface area (Å²) in [5.41, 5.74) is 0.955. The van der Waals surface area contributed by atoms with Crippen LogP contribution in [0, 0.1) is 5.82 Å². The third-order valence-electron chi connectivity index (χ3n) is 4.11. The Kier molecular flexibility index (Phi) is 5.47. The fourth-order valence-corrected chi connectivity index (χ4v) is 3.67. The molecule has 7 nitrogen and oxygen atoms in total. The van der Waals surface area contributed by atoms with Crippen LogP contribution in [0.1, 0.15) is 18.2 Å². The van der Waals surface area contributed by atoms with Crippen molar-refractivity contribution in [1.29, 1.82) is 0 Å². The molecule has 3 rings (SSSR count). The Bertz CT molecular complexity index is 892. The van der Waals surface area contributed by atoms with Crippen molar-refractivity contribution in [1.82, 2.24) is 15.8 Å². The van der Waals surface area contributed by atoms with E-state index in [1.165, 1.54) is 12.1 Å². The highest BCUT2D eigenvalue weighted by atomic mass is 79.9. The predicted octanol–water partition coefficient (Wildman–Crippen LogP) is 3.63. The number of nitrogens with one attached hydrogen (secondary N) is 3. The first-order valence-electron chi connectivity index (χ1n) is 8.00. The molecule has 2 heterocycles. The predicted molar refractivity (Wildman–Crippen MR) is 103 cm³/mol. The second-order valence-corrected chi connectivity index (χ2v) is 8.12. The molecule has 0 spiro atoms. The van der Waals surface area contributed by atoms with Gasteiger partial charge >= 0.3 is 12.1 Å². The number of amides is 5. The lowest BCUT2D eigenvalue weighted by molar-refractivity contribution is -0.132. The first kappa shape index (κ1) is 19.3. The van der Waals surface area contributed by atoms with Crippen LogP contribution in [-0.2, 0) is 11.2 Å². The van der Waals surface area contributed by atoms with Gasteiger partial charge in [-0.3, -0.25) is 4.79 Å². The van der Waals surface area contributed by atoms with Gasteiger partial charge in [0.25, 0.3) is 5.91 Å². The molecule has 1 aromatic heterocycles. The van der Waals surface area contributed by atoms with Crippen molar-refractivity contribution in [3.8, 4) is 0 Å². The van der Waals surface area contributed by atoms with Crippen molar-refractivity contribution in [2.45, 2.75) is 25.3 Å². The maximum absolute atomic E-state index is 13.8. The molecular formula is C17H16BrFN4O3S. The molecule has 0 saturated carbocycles. The Morgan fingerprint density at radius 2 is 2.15 bits per heavy atom. The van der Waals surface area contributed by atoms with Crippen LogP contribution in [0.3, 0.4) is 0 Å². The van der Waals surface area contributed by atoms with Crippen molar-refractivity contribution in [2.75, 3.05) is 5.32 Å². The SMILES string of the molecule is C[C@@]1(CCc2cccs2)NC(=O)N(NC(=O)Nc2ccc(Br)cc2F)C1=O. The highest BCUT2D eigenvalue weighted by Crippen LogP contribution is 2.24. The van der Waals surface area contributed by atoms with Crippen LogP contribution in [0.4, 0.5) is 19.7 Å². The van der Waals surface area contributed by atoms with Crippen LogP contribution in [0.15, 0.2) is 40.2 Å². The zero-order chi connectivity index (χ0) is 19.6. The highest BCUT2D eigenvalue weighted by molar-refractivity contribution is 9.10. The number of hydrogen-bond acceptors (Lipinski definition) is 4. The van der Waals surface area contributed by atoms with E-state index in [1.807, 2.05) is 17.5 Å². The molecule has 142 valence electrons. The summed E-state index contributed by atoms with van der Waals surface area (Å²) in [6, 6.07) is 6.32. The highest BCUT2D eigenvalue weighted by Gasteiger charge is 2.48. The Hall–Kier alpha value is -2.46. The quantitative estimate of drug-likeness (QED) is 0.602. The van der Waals surface area contributed by atoms with E-state index in [1.54, 1.807) is 24.3 Å². The van der Waals surface area contributed by atoms with Crippen molar-refractivity contribution < 1.29 is 18.8 Å². The normalized spacial score (nSPS) is 19.1. The van der Waals surface area contributed by atoms with Crippen LogP contribution in [0.25, 0.3) is 0 Å². The van der Waals surface area contributed by atoms with Crippen molar-refractivity contribution in [3.63, 3.8) is 0 Å². The number of nitrogens with zero attached hydrogens (tertiary/aromatic N) is 1. The topological polar surface area (TPSA) is 90.5 Å². The van der Waals surface area contributed by atoms with E-state index in [4.69, 9.17) is 0 Å². The lowest BCUT2D eigenvalue weighted by Gasteiger charge is -2.21. The summed E-state index contributed by atoms with van der Waals surface area (Å²) >= 11 is 4.68. The second-order valence-electron chi connectivity index (χ2n) is 6.17. The van der Waals surface area contributed by atoms with E-state index in [0.29, 0.717) is 22.3 Å². The molecule has 0 unspecified atom stereocenters. The summed E-state index contributed by atoms with van der Waals surface area (Å²) in [7, 11) is 0. The summed E-state index contributed by atoms with van der Waals surface area (Å²) in [4.78, 5) is 37.9. The number of rotatable bonds is 5. The fourth-order valence-electron chi connectivity index (χ4n) is 2.63. The van der Waals surface area contributed by atoms with Gasteiger partial charge in [0.15, 0.2) is 0 Å². The van der Waals surface area contributed by atoms with Gasteiger partial charge in [-0.2, -0.15) is 5.01 Å². The van der Waals surface area contributed by atoms with Crippen LogP contribution in [0.2, 0.25) is 0 Å². The van der Waals surface area contributed by atoms with Crippen molar-refractivity contribution >= 4 is 50.9 Å². The molecular weight excluding hydrogens is 439 g/mol. The zero-order valence-electron chi connectivity index (χ0n) is 14.2. The molecule has 0 bridgehead atoms. The Balaban J connectivity index is 1.63. The van der Waals surface area contributed by atoms with Crippen LogP contribution < -0.4 is 16.1 Å². The van der Waals surface area contributed by atoms with Gasteiger partial charge in [0.2, 0.25) is 0 Å². The van der Waals surface area contributed by atoms with Crippen LogP contribution in [0.5, 0.6) is 0 Å². The van der Waals surface area contributed by atoms with Crippen molar-refractivity contribution in [3.05, 3.63) is 50.9 Å². The van der Waals surface area contributed by atoms with Crippen LogP contribution >= 0.6 is 27.3 Å². The Morgan fingerprint density at radius 3 is 2.81 bits per heavy atom. The number of imide groups is 1. The second kappa shape index (κ2) is 7.65. The third kappa shape index (κ3) is 4.28. The number of urea groups is 2. The summed E-state index contributed by atoms with van der Waals surface area (Å²) < 4.78 is 14.3. The van der Waals surface area contributed by atoms with Gasteiger partial charge in [-0.1, -0.05) is 22.0 Å². The maximum atomic E-state index is 13.8. The molecule has 10 heteroatoms. The van der Waals surface area contributed by atoms with Gasteiger partial charge in [-0.05, 0) is 49.4 Å². The van der Waals surface area contributed by atoms with E-state index in [0.717, 1.165) is 4.88 Å². The number of anilines is 1. The lowest BCUT2D eigenvalue weighted by Crippen LogP contribution is -2.50. The summed E-state index contributed by atoms with van der Waals surface area (Å²) in [6.07, 6.45) is 1.00. The van der Waals surface area contributed by atoms with Gasteiger partial charge in [0.05, 0.1) is 5.69 Å². The van der Waals surface area contributed by atoms with Gasteiger partial charge in [-0.25, -0.2) is 19.4 Å². The average Bonchev–Trinajstić information content (AvgIpc) is 3.19. The zero-order valence-corrected chi connectivity index (χ0v) is 16.6. The molecule has 2 aromatic rings. The number of thiophene rings is 1. The molecule has 1 atom stereocenters. The number of carbonyl (C=O) groups is 3.